The minimum absolute atomic E-state index is 0. The van der Waals surface area contributed by atoms with E-state index in [0.29, 0.717) is 6.42 Å². The van der Waals surface area contributed by atoms with Crippen LogP contribution in [-0.2, 0) is 21.3 Å². The molecule has 0 aromatic heterocycles. The lowest BCUT2D eigenvalue weighted by Crippen LogP contribution is -2.32. The van der Waals surface area contributed by atoms with Gasteiger partial charge in [0, 0.05) is 0 Å². The van der Waals surface area contributed by atoms with E-state index in [9.17, 15) is 13.2 Å². The number of hydrogen-bond donors (Lipinski definition) is 5. The largest absolute Gasteiger partial charge is 0.480 e. The predicted molar refractivity (Wildman–Crippen MR) is 96.8 cm³/mol. The Kier molecular flexibility index (Phi) is 11.3. The minimum atomic E-state index is -4.02. The number of carboxylic acids is 1. The second-order valence-electron chi connectivity index (χ2n) is 4.92. The highest BCUT2D eigenvalue weighted by atomic mass is 32.2. The monoisotopic (exact) mass is 371 g/mol. The summed E-state index contributed by atoms with van der Waals surface area (Å²) in [6, 6.07) is 14.5. The fraction of sp³-hybridized carbons (Fsp3) is 0.188. The molecular weight excluding hydrogens is 346 g/mol. The molecule has 2 aromatic rings. The van der Waals surface area contributed by atoms with Gasteiger partial charge in [0.05, 0.1) is 4.90 Å². The lowest BCUT2D eigenvalue weighted by atomic mass is 10.1. The van der Waals surface area contributed by atoms with Crippen molar-refractivity contribution in [2.75, 3.05) is 0 Å². The molecule has 0 heterocycles. The number of hydrogen-bond acceptors (Lipinski definition) is 6. The Labute approximate surface area is 147 Å². The highest BCUT2D eigenvalue weighted by molar-refractivity contribution is 7.85. The topological polar surface area (TPSA) is 188 Å². The summed E-state index contributed by atoms with van der Waals surface area (Å²) in [6.07, 6.45) is 0.385. The third kappa shape index (κ3) is 9.55. The van der Waals surface area contributed by atoms with Crippen LogP contribution in [0.15, 0.2) is 59.5 Å². The molecule has 0 aliphatic rings. The summed E-state index contributed by atoms with van der Waals surface area (Å²) in [5.41, 5.74) is 7.26. The van der Waals surface area contributed by atoms with E-state index in [1.54, 1.807) is 12.1 Å². The molecule has 0 radical (unpaired) electrons. The molecular formula is C16H25N3O5S. The molecule has 0 aliphatic carbocycles. The van der Waals surface area contributed by atoms with Gasteiger partial charge in [0.2, 0.25) is 0 Å². The van der Waals surface area contributed by atoms with Crippen LogP contribution in [0.2, 0.25) is 0 Å². The zero-order valence-electron chi connectivity index (χ0n) is 14.0. The maximum atomic E-state index is 10.5. The molecule has 0 saturated heterocycles. The molecule has 0 amide bonds. The zero-order valence-corrected chi connectivity index (χ0v) is 14.8. The summed E-state index contributed by atoms with van der Waals surface area (Å²) < 4.78 is 29.6. The van der Waals surface area contributed by atoms with Gasteiger partial charge in [-0.3, -0.25) is 9.35 Å². The first-order valence-corrected chi connectivity index (χ1v) is 8.20. The highest BCUT2D eigenvalue weighted by Crippen LogP contribution is 2.08. The summed E-state index contributed by atoms with van der Waals surface area (Å²) in [7, 11) is -4.02. The lowest BCUT2D eigenvalue weighted by Gasteiger charge is -2.04. The summed E-state index contributed by atoms with van der Waals surface area (Å²) in [6.45, 7) is 1.84. The molecule has 1 atom stereocenters. The van der Waals surface area contributed by atoms with Gasteiger partial charge in [0.25, 0.3) is 10.1 Å². The van der Waals surface area contributed by atoms with E-state index in [-0.39, 0.29) is 17.2 Å². The second kappa shape index (κ2) is 11.3. The molecule has 9 heteroatoms. The Morgan fingerprint density at radius 2 is 1.52 bits per heavy atom. The van der Waals surface area contributed by atoms with Crippen molar-refractivity contribution in [1.29, 1.82) is 0 Å². The van der Waals surface area contributed by atoms with Gasteiger partial charge in [-0.15, -0.1) is 0 Å². The SMILES string of the molecule is Cc1ccc(S(=O)(=O)O)cc1.N.N.NC(Cc1ccccc1)C(=O)O. The third-order valence-electron chi connectivity index (χ3n) is 2.93. The summed E-state index contributed by atoms with van der Waals surface area (Å²) in [4.78, 5) is 10.3. The Morgan fingerprint density at radius 1 is 1.04 bits per heavy atom. The first-order valence-electron chi connectivity index (χ1n) is 6.76. The fourth-order valence-electron chi connectivity index (χ4n) is 1.67. The predicted octanol–water partition coefficient (Wildman–Crippen LogP) is 2.21. The molecule has 140 valence electrons. The van der Waals surface area contributed by atoms with Gasteiger partial charge in [0.1, 0.15) is 6.04 Å². The van der Waals surface area contributed by atoms with Gasteiger partial charge in [-0.05, 0) is 31.0 Å². The van der Waals surface area contributed by atoms with Gasteiger partial charge < -0.3 is 23.1 Å². The number of benzene rings is 2. The van der Waals surface area contributed by atoms with Crippen molar-refractivity contribution in [3.63, 3.8) is 0 Å². The average molecular weight is 371 g/mol. The van der Waals surface area contributed by atoms with E-state index < -0.39 is 22.1 Å². The van der Waals surface area contributed by atoms with Gasteiger partial charge >= 0.3 is 5.97 Å². The van der Waals surface area contributed by atoms with Crippen LogP contribution in [0.5, 0.6) is 0 Å². The number of carboxylic acid groups (broad SMARTS) is 1. The standard InChI is InChI=1S/C9H11NO2.C7H8O3S.2H3N/c10-8(9(11)12)6-7-4-2-1-3-5-7;1-6-2-4-7(5-3-6)11(8,9)10;;/h1-5,8H,6,10H2,(H,11,12);2-5H,1H3,(H,8,9,10);2*1H3. The van der Waals surface area contributed by atoms with Crippen molar-refractivity contribution in [3.05, 3.63) is 65.7 Å². The third-order valence-corrected chi connectivity index (χ3v) is 3.80. The van der Waals surface area contributed by atoms with Crippen LogP contribution in [0.3, 0.4) is 0 Å². The van der Waals surface area contributed by atoms with Gasteiger partial charge in [-0.1, -0.05) is 48.0 Å². The van der Waals surface area contributed by atoms with E-state index >= 15 is 0 Å². The van der Waals surface area contributed by atoms with E-state index in [0.717, 1.165) is 11.1 Å². The van der Waals surface area contributed by atoms with Gasteiger partial charge in [-0.25, -0.2) is 0 Å². The highest BCUT2D eigenvalue weighted by Gasteiger charge is 2.11. The maximum absolute atomic E-state index is 10.5. The first-order chi connectivity index (χ1) is 10.7. The molecule has 0 bridgehead atoms. The van der Waals surface area contributed by atoms with Crippen LogP contribution in [0.4, 0.5) is 0 Å². The van der Waals surface area contributed by atoms with Crippen molar-refractivity contribution in [2.45, 2.75) is 24.3 Å². The first kappa shape index (κ1) is 24.9. The van der Waals surface area contributed by atoms with Crippen molar-refractivity contribution < 1.29 is 22.9 Å². The molecule has 0 aliphatic heterocycles. The number of aryl methyl sites for hydroxylation is 1. The second-order valence-corrected chi connectivity index (χ2v) is 6.34. The number of rotatable bonds is 4. The summed E-state index contributed by atoms with van der Waals surface area (Å²) in [5, 5.41) is 8.52. The summed E-state index contributed by atoms with van der Waals surface area (Å²) >= 11 is 0. The number of aliphatic carboxylic acids is 1. The van der Waals surface area contributed by atoms with Crippen LogP contribution >= 0.6 is 0 Å². The number of nitrogens with two attached hydrogens (primary N) is 1. The summed E-state index contributed by atoms with van der Waals surface area (Å²) in [5.74, 6) is -0.959. The van der Waals surface area contributed by atoms with Crippen LogP contribution in [0.25, 0.3) is 0 Å². The molecule has 10 N–H and O–H groups in total. The average Bonchev–Trinajstić information content (AvgIpc) is 2.48. The van der Waals surface area contributed by atoms with Crippen LogP contribution in [-0.4, -0.2) is 30.1 Å². The molecule has 8 nitrogen and oxygen atoms in total. The maximum Gasteiger partial charge on any atom is 0.320 e. The zero-order chi connectivity index (χ0) is 17.5. The molecule has 2 rings (SSSR count). The minimum Gasteiger partial charge on any atom is -0.480 e. The van der Waals surface area contributed by atoms with Crippen LogP contribution < -0.4 is 18.0 Å². The molecule has 1 unspecified atom stereocenters. The van der Waals surface area contributed by atoms with E-state index in [2.05, 4.69) is 0 Å². The molecule has 25 heavy (non-hydrogen) atoms. The van der Waals surface area contributed by atoms with Gasteiger partial charge in [-0.2, -0.15) is 8.42 Å². The van der Waals surface area contributed by atoms with E-state index in [4.69, 9.17) is 15.4 Å². The van der Waals surface area contributed by atoms with E-state index in [1.807, 2.05) is 37.3 Å². The van der Waals surface area contributed by atoms with Crippen molar-refractivity contribution in [1.82, 2.24) is 12.3 Å². The Bertz CT molecular complexity index is 734. The van der Waals surface area contributed by atoms with Gasteiger partial charge in [0.15, 0.2) is 0 Å². The fourth-order valence-corrected chi connectivity index (χ4v) is 2.15. The molecule has 2 aromatic carbocycles. The van der Waals surface area contributed by atoms with Crippen molar-refractivity contribution in [2.24, 2.45) is 5.73 Å². The van der Waals surface area contributed by atoms with Crippen molar-refractivity contribution in [3.8, 4) is 0 Å². The molecule has 0 saturated carbocycles. The molecule has 0 spiro atoms. The number of carbonyl (C=O) groups is 1. The Hall–Kier alpha value is -2.30. The van der Waals surface area contributed by atoms with Crippen molar-refractivity contribution >= 4 is 16.1 Å². The Morgan fingerprint density at radius 3 is 1.92 bits per heavy atom. The lowest BCUT2D eigenvalue weighted by molar-refractivity contribution is -0.138. The van der Waals surface area contributed by atoms with E-state index in [1.165, 1.54) is 12.1 Å². The molecule has 0 fully saturated rings. The van der Waals surface area contributed by atoms with Crippen LogP contribution in [0.1, 0.15) is 11.1 Å². The Balaban J connectivity index is 0. The normalized spacial score (nSPS) is 11.0. The smallest absolute Gasteiger partial charge is 0.320 e. The quantitative estimate of drug-likeness (QED) is 0.505. The van der Waals surface area contributed by atoms with Crippen LogP contribution in [0, 0.1) is 6.92 Å².